The fourth-order valence-corrected chi connectivity index (χ4v) is 2.75. The molecule has 2 aromatic rings. The van der Waals surface area contributed by atoms with Gasteiger partial charge in [-0.3, -0.25) is 9.11 Å². The Morgan fingerprint density at radius 1 is 1.04 bits per heavy atom. The van der Waals surface area contributed by atoms with Crippen LogP contribution in [0.15, 0.2) is 29.2 Å². The highest BCUT2D eigenvalue weighted by molar-refractivity contribution is 7.86. The van der Waals surface area contributed by atoms with Gasteiger partial charge in [0.1, 0.15) is 5.82 Å². The molecule has 142 valence electrons. The standard InChI is InChI=1S/C13H17N5O6S2/c1-2-11-16-12(14-6-7-25(19,20)21)18-13(17-11)15-9-4-3-5-10(8-9)26(22,23)24/h3-5,8H,2,6-7H2,1H3,(H,19,20,21)(H,22,23,24)(H2,14,15,16,17,18). The Morgan fingerprint density at radius 2 is 1.73 bits per heavy atom. The molecular weight excluding hydrogens is 386 g/mol. The molecule has 1 heterocycles. The summed E-state index contributed by atoms with van der Waals surface area (Å²) in [5.41, 5.74) is 0.317. The molecule has 0 bridgehead atoms. The van der Waals surface area contributed by atoms with E-state index in [4.69, 9.17) is 9.11 Å². The summed E-state index contributed by atoms with van der Waals surface area (Å²) >= 11 is 0. The van der Waals surface area contributed by atoms with Crippen molar-refractivity contribution in [1.29, 1.82) is 0 Å². The molecule has 1 aromatic carbocycles. The largest absolute Gasteiger partial charge is 0.353 e. The summed E-state index contributed by atoms with van der Waals surface area (Å²) in [5.74, 6) is 0.0784. The maximum Gasteiger partial charge on any atom is 0.294 e. The molecule has 0 unspecified atom stereocenters. The molecule has 13 heteroatoms. The molecule has 0 spiro atoms. The van der Waals surface area contributed by atoms with Gasteiger partial charge in [-0.25, -0.2) is 0 Å². The van der Waals surface area contributed by atoms with Gasteiger partial charge in [0.2, 0.25) is 11.9 Å². The van der Waals surface area contributed by atoms with E-state index in [1.807, 2.05) is 0 Å². The van der Waals surface area contributed by atoms with E-state index in [0.717, 1.165) is 0 Å². The lowest BCUT2D eigenvalue weighted by Crippen LogP contribution is -2.17. The maximum atomic E-state index is 11.2. The quantitative estimate of drug-likeness (QED) is 0.458. The predicted molar refractivity (Wildman–Crippen MR) is 93.6 cm³/mol. The van der Waals surface area contributed by atoms with Crippen molar-refractivity contribution in [3.63, 3.8) is 0 Å². The van der Waals surface area contributed by atoms with Crippen LogP contribution in [0.5, 0.6) is 0 Å². The fourth-order valence-electron chi connectivity index (χ4n) is 1.87. The maximum absolute atomic E-state index is 11.2. The second kappa shape index (κ2) is 7.90. The Bertz CT molecular complexity index is 994. The minimum Gasteiger partial charge on any atom is -0.353 e. The second-order valence-electron chi connectivity index (χ2n) is 5.09. The number of hydrogen-bond acceptors (Lipinski definition) is 9. The molecule has 26 heavy (non-hydrogen) atoms. The van der Waals surface area contributed by atoms with Crippen LogP contribution in [-0.2, 0) is 26.7 Å². The topological polar surface area (TPSA) is 171 Å². The van der Waals surface area contributed by atoms with Crippen LogP contribution in [0, 0.1) is 0 Å². The lowest BCUT2D eigenvalue weighted by molar-refractivity contribution is 0.481. The fraction of sp³-hybridized carbons (Fsp3) is 0.308. The SMILES string of the molecule is CCc1nc(NCCS(=O)(=O)O)nc(Nc2cccc(S(=O)(=O)O)c2)n1. The van der Waals surface area contributed by atoms with E-state index >= 15 is 0 Å². The first-order chi connectivity index (χ1) is 12.1. The molecular formula is C13H17N5O6S2. The third-order valence-corrected chi connectivity index (χ3v) is 4.60. The van der Waals surface area contributed by atoms with Crippen LogP contribution in [0.2, 0.25) is 0 Å². The van der Waals surface area contributed by atoms with Crippen LogP contribution in [0.4, 0.5) is 17.6 Å². The van der Waals surface area contributed by atoms with Gasteiger partial charge in [0, 0.05) is 18.7 Å². The summed E-state index contributed by atoms with van der Waals surface area (Å²) in [7, 11) is -8.47. The first kappa shape index (κ1) is 20.0. The molecule has 0 aliphatic carbocycles. The minimum atomic E-state index is -4.35. The molecule has 2 rings (SSSR count). The van der Waals surface area contributed by atoms with Gasteiger partial charge >= 0.3 is 0 Å². The van der Waals surface area contributed by atoms with Gasteiger partial charge in [0.15, 0.2) is 0 Å². The smallest absolute Gasteiger partial charge is 0.294 e. The van der Waals surface area contributed by atoms with E-state index in [0.29, 0.717) is 17.9 Å². The first-order valence-electron chi connectivity index (χ1n) is 7.35. The van der Waals surface area contributed by atoms with Crippen molar-refractivity contribution in [3.8, 4) is 0 Å². The van der Waals surface area contributed by atoms with Crippen LogP contribution in [0.25, 0.3) is 0 Å². The number of benzene rings is 1. The van der Waals surface area contributed by atoms with Gasteiger partial charge in [0.25, 0.3) is 20.2 Å². The minimum absolute atomic E-state index is 0.0916. The van der Waals surface area contributed by atoms with Gasteiger partial charge in [-0.1, -0.05) is 13.0 Å². The lowest BCUT2D eigenvalue weighted by Gasteiger charge is -2.10. The number of rotatable bonds is 8. The zero-order chi connectivity index (χ0) is 19.4. The van der Waals surface area contributed by atoms with Crippen molar-refractivity contribution in [1.82, 2.24) is 15.0 Å². The van der Waals surface area contributed by atoms with Crippen molar-refractivity contribution in [2.45, 2.75) is 18.2 Å². The van der Waals surface area contributed by atoms with Gasteiger partial charge in [-0.05, 0) is 18.2 Å². The number of nitrogens with zero attached hydrogens (tertiary/aromatic N) is 3. The van der Waals surface area contributed by atoms with Gasteiger partial charge in [0.05, 0.1) is 10.6 Å². The van der Waals surface area contributed by atoms with Crippen LogP contribution in [-0.4, -0.2) is 53.2 Å². The molecule has 0 aliphatic heterocycles. The Kier molecular flexibility index (Phi) is 6.07. The Balaban J connectivity index is 2.22. The molecule has 0 atom stereocenters. The van der Waals surface area contributed by atoms with Crippen LogP contribution < -0.4 is 10.6 Å². The summed E-state index contributed by atoms with van der Waals surface area (Å²) in [4.78, 5) is 12.0. The Labute approximate surface area is 150 Å². The third kappa shape index (κ3) is 6.18. The van der Waals surface area contributed by atoms with E-state index in [1.165, 1.54) is 18.2 Å². The van der Waals surface area contributed by atoms with Crippen molar-refractivity contribution < 1.29 is 25.9 Å². The number of aryl methyl sites for hydroxylation is 1. The van der Waals surface area contributed by atoms with Crippen LogP contribution in [0.3, 0.4) is 0 Å². The average molecular weight is 403 g/mol. The molecule has 0 aliphatic rings. The molecule has 0 saturated heterocycles. The Hall–Kier alpha value is -2.35. The van der Waals surface area contributed by atoms with Gasteiger partial charge in [-0.15, -0.1) is 0 Å². The molecule has 1 aromatic heterocycles. The number of hydrogen-bond donors (Lipinski definition) is 4. The summed E-state index contributed by atoms with van der Waals surface area (Å²) < 4.78 is 61.7. The monoisotopic (exact) mass is 403 g/mol. The lowest BCUT2D eigenvalue weighted by atomic mass is 10.3. The molecule has 0 fully saturated rings. The van der Waals surface area contributed by atoms with E-state index in [9.17, 15) is 16.8 Å². The van der Waals surface area contributed by atoms with Gasteiger partial charge in [-0.2, -0.15) is 31.8 Å². The summed E-state index contributed by atoms with van der Waals surface area (Å²) in [5, 5.41) is 5.45. The molecule has 0 amide bonds. The van der Waals surface area contributed by atoms with Crippen molar-refractivity contribution >= 4 is 37.8 Å². The van der Waals surface area contributed by atoms with E-state index in [1.54, 1.807) is 13.0 Å². The summed E-state index contributed by atoms with van der Waals surface area (Å²) in [6.07, 6.45) is 0.467. The number of aromatic nitrogens is 3. The molecule has 4 N–H and O–H groups in total. The van der Waals surface area contributed by atoms with E-state index in [-0.39, 0.29) is 23.3 Å². The van der Waals surface area contributed by atoms with Gasteiger partial charge < -0.3 is 10.6 Å². The predicted octanol–water partition coefficient (Wildman–Crippen LogP) is 0.724. The van der Waals surface area contributed by atoms with E-state index in [2.05, 4.69) is 25.6 Å². The molecule has 0 radical (unpaired) electrons. The van der Waals surface area contributed by atoms with Crippen LogP contribution in [0.1, 0.15) is 12.7 Å². The Morgan fingerprint density at radius 3 is 2.35 bits per heavy atom. The highest BCUT2D eigenvalue weighted by Gasteiger charge is 2.11. The first-order valence-corrected chi connectivity index (χ1v) is 10.4. The summed E-state index contributed by atoms with van der Waals surface area (Å²) in [6.45, 7) is 1.70. The highest BCUT2D eigenvalue weighted by atomic mass is 32.2. The van der Waals surface area contributed by atoms with Crippen molar-refractivity contribution in [2.24, 2.45) is 0 Å². The average Bonchev–Trinajstić information content (AvgIpc) is 2.53. The van der Waals surface area contributed by atoms with Crippen LogP contribution >= 0.6 is 0 Å². The number of nitrogens with one attached hydrogen (secondary N) is 2. The summed E-state index contributed by atoms with van der Waals surface area (Å²) in [6, 6.07) is 5.41. The molecule has 11 nitrogen and oxygen atoms in total. The highest BCUT2D eigenvalue weighted by Crippen LogP contribution is 2.18. The zero-order valence-electron chi connectivity index (χ0n) is 13.6. The van der Waals surface area contributed by atoms with Crippen molar-refractivity contribution in [3.05, 3.63) is 30.1 Å². The van der Waals surface area contributed by atoms with E-state index < -0.39 is 26.0 Å². The normalized spacial score (nSPS) is 12.0. The third-order valence-electron chi connectivity index (χ3n) is 3.03. The second-order valence-corrected chi connectivity index (χ2v) is 8.09. The molecule has 0 saturated carbocycles. The number of anilines is 3. The van der Waals surface area contributed by atoms with Crippen molar-refractivity contribution in [2.75, 3.05) is 22.9 Å². The zero-order valence-corrected chi connectivity index (χ0v) is 15.2.